The van der Waals surface area contributed by atoms with Gasteiger partial charge in [-0.15, -0.1) is 0 Å². The highest BCUT2D eigenvalue weighted by molar-refractivity contribution is 5.73. The fraction of sp³-hybridized carbons (Fsp3) is 0.462. The zero-order valence-electron chi connectivity index (χ0n) is 11.2. The number of nitrogens with zero attached hydrogens (tertiary/aromatic N) is 2. The molecule has 0 saturated heterocycles. The standard InChI is InChI=1S/C13H12F3N3O3/c14-9-2-1-6(19(20)21)3-7(9)11-8-4-13(15,16)5-10(8)22-12(17)18-11/h1-3,8,10-11H,4-5H2,(H2,17,18)/t8-,10+,11+/m0/s1. The second-order valence-electron chi connectivity index (χ2n) is 5.46. The van der Waals surface area contributed by atoms with E-state index in [1.54, 1.807) is 0 Å². The Morgan fingerprint density at radius 3 is 2.82 bits per heavy atom. The number of amidine groups is 1. The maximum absolute atomic E-state index is 14.0. The summed E-state index contributed by atoms with van der Waals surface area (Å²) in [5.41, 5.74) is 5.03. The maximum Gasteiger partial charge on any atom is 0.282 e. The Bertz CT molecular complexity index is 665. The SMILES string of the molecule is NC1=N[C@H](c2cc([N+](=O)[O-])ccc2F)[C@H]2CC(F)(F)C[C@H]2O1. The van der Waals surface area contributed by atoms with Crippen molar-refractivity contribution >= 4 is 11.7 Å². The van der Waals surface area contributed by atoms with E-state index in [4.69, 9.17) is 10.5 Å². The quantitative estimate of drug-likeness (QED) is 0.670. The van der Waals surface area contributed by atoms with Crippen molar-refractivity contribution in [1.82, 2.24) is 0 Å². The van der Waals surface area contributed by atoms with Gasteiger partial charge >= 0.3 is 0 Å². The van der Waals surface area contributed by atoms with Gasteiger partial charge in [-0.25, -0.2) is 18.2 Å². The van der Waals surface area contributed by atoms with Crippen molar-refractivity contribution in [2.24, 2.45) is 16.6 Å². The van der Waals surface area contributed by atoms with Gasteiger partial charge in [-0.3, -0.25) is 10.1 Å². The number of nitrogens with two attached hydrogens (primary N) is 1. The summed E-state index contributed by atoms with van der Waals surface area (Å²) in [7, 11) is 0. The van der Waals surface area contributed by atoms with Crippen molar-refractivity contribution in [3.63, 3.8) is 0 Å². The third kappa shape index (κ3) is 2.46. The molecule has 0 spiro atoms. The third-order valence-electron chi connectivity index (χ3n) is 3.96. The van der Waals surface area contributed by atoms with E-state index in [1.165, 1.54) is 0 Å². The van der Waals surface area contributed by atoms with Gasteiger partial charge in [-0.2, -0.15) is 0 Å². The molecule has 1 aromatic rings. The molecular weight excluding hydrogens is 303 g/mol. The first kappa shape index (κ1) is 14.6. The van der Waals surface area contributed by atoms with E-state index in [0.717, 1.165) is 18.2 Å². The number of aliphatic imine (C=N–C) groups is 1. The van der Waals surface area contributed by atoms with Gasteiger partial charge in [0.2, 0.25) is 0 Å². The van der Waals surface area contributed by atoms with Gasteiger partial charge in [0.1, 0.15) is 11.9 Å². The van der Waals surface area contributed by atoms with Crippen molar-refractivity contribution in [2.45, 2.75) is 30.9 Å². The topological polar surface area (TPSA) is 90.8 Å². The van der Waals surface area contributed by atoms with Crippen molar-refractivity contribution < 1.29 is 22.8 Å². The zero-order chi connectivity index (χ0) is 16.1. The number of nitro groups is 1. The number of hydrogen-bond acceptors (Lipinski definition) is 5. The van der Waals surface area contributed by atoms with Gasteiger partial charge < -0.3 is 10.5 Å². The lowest BCUT2D eigenvalue weighted by Gasteiger charge is -2.30. The Labute approximate surface area is 122 Å². The lowest BCUT2D eigenvalue weighted by molar-refractivity contribution is -0.385. The van der Waals surface area contributed by atoms with E-state index in [1.807, 2.05) is 0 Å². The molecule has 0 unspecified atom stereocenters. The van der Waals surface area contributed by atoms with E-state index in [2.05, 4.69) is 4.99 Å². The molecule has 0 aromatic heterocycles. The van der Waals surface area contributed by atoms with Crippen molar-refractivity contribution in [2.75, 3.05) is 0 Å². The molecule has 118 valence electrons. The Hall–Kier alpha value is -2.32. The summed E-state index contributed by atoms with van der Waals surface area (Å²) in [5.74, 6) is -4.48. The van der Waals surface area contributed by atoms with Crippen LogP contribution in [0.5, 0.6) is 0 Å². The Kier molecular flexibility index (Phi) is 3.22. The van der Waals surface area contributed by atoms with Crippen LogP contribution in [0.1, 0.15) is 24.4 Å². The zero-order valence-corrected chi connectivity index (χ0v) is 11.2. The normalized spacial score (nSPS) is 29.4. The maximum atomic E-state index is 14.0. The number of fused-ring (bicyclic) bond motifs is 1. The van der Waals surface area contributed by atoms with Gasteiger partial charge in [0.05, 0.1) is 11.0 Å². The lowest BCUT2D eigenvalue weighted by atomic mass is 9.89. The predicted octanol–water partition coefficient (Wildman–Crippen LogP) is 2.53. The van der Waals surface area contributed by atoms with Gasteiger partial charge in [0.15, 0.2) is 0 Å². The van der Waals surface area contributed by atoms with Crippen LogP contribution in [0.15, 0.2) is 23.2 Å². The predicted molar refractivity (Wildman–Crippen MR) is 70.0 cm³/mol. The Morgan fingerprint density at radius 1 is 1.41 bits per heavy atom. The first-order valence-electron chi connectivity index (χ1n) is 6.58. The molecule has 3 atom stereocenters. The molecule has 0 bridgehead atoms. The Balaban J connectivity index is 2.04. The van der Waals surface area contributed by atoms with E-state index in [-0.39, 0.29) is 17.3 Å². The average Bonchev–Trinajstić information content (AvgIpc) is 2.72. The Morgan fingerprint density at radius 2 is 2.14 bits per heavy atom. The highest BCUT2D eigenvalue weighted by Gasteiger charge is 2.53. The van der Waals surface area contributed by atoms with Crippen LogP contribution in [0.2, 0.25) is 0 Å². The number of alkyl halides is 2. The van der Waals surface area contributed by atoms with Crippen LogP contribution < -0.4 is 5.73 Å². The summed E-state index contributed by atoms with van der Waals surface area (Å²) in [6.45, 7) is 0. The number of rotatable bonds is 2. The molecule has 9 heteroatoms. The van der Waals surface area contributed by atoms with Crippen LogP contribution in [0, 0.1) is 21.8 Å². The molecule has 1 aromatic carbocycles. The summed E-state index contributed by atoms with van der Waals surface area (Å²) in [6.07, 6.45) is -1.93. The largest absolute Gasteiger partial charge is 0.461 e. The van der Waals surface area contributed by atoms with Gasteiger partial charge in [0, 0.05) is 36.5 Å². The van der Waals surface area contributed by atoms with E-state index >= 15 is 0 Å². The molecule has 1 heterocycles. The number of nitro benzene ring substituents is 1. The summed E-state index contributed by atoms with van der Waals surface area (Å²) in [5, 5.41) is 10.8. The first-order chi connectivity index (χ1) is 10.3. The molecule has 2 N–H and O–H groups in total. The minimum absolute atomic E-state index is 0.117. The molecule has 6 nitrogen and oxygen atoms in total. The number of halogens is 3. The van der Waals surface area contributed by atoms with Crippen LogP contribution in [-0.4, -0.2) is 23.0 Å². The fourth-order valence-electron chi connectivity index (χ4n) is 3.04. The number of non-ortho nitro benzene ring substituents is 1. The fourth-order valence-corrected chi connectivity index (χ4v) is 3.04. The van der Waals surface area contributed by atoms with Crippen LogP contribution in [0.3, 0.4) is 0 Å². The molecule has 3 rings (SSSR count). The summed E-state index contributed by atoms with van der Waals surface area (Å²) in [4.78, 5) is 14.0. The minimum atomic E-state index is -2.95. The number of ether oxygens (including phenoxy) is 1. The van der Waals surface area contributed by atoms with E-state index < -0.39 is 47.6 Å². The van der Waals surface area contributed by atoms with Crippen LogP contribution >= 0.6 is 0 Å². The van der Waals surface area contributed by atoms with Gasteiger partial charge in [-0.05, 0) is 6.07 Å². The van der Waals surface area contributed by atoms with E-state index in [0.29, 0.717) is 0 Å². The van der Waals surface area contributed by atoms with Crippen molar-refractivity contribution in [3.05, 3.63) is 39.7 Å². The molecule has 1 aliphatic carbocycles. The summed E-state index contributed by atoms with van der Waals surface area (Å²) in [6, 6.07) is 1.61. The smallest absolute Gasteiger partial charge is 0.282 e. The average molecular weight is 315 g/mol. The van der Waals surface area contributed by atoms with E-state index in [9.17, 15) is 23.3 Å². The highest BCUT2D eigenvalue weighted by atomic mass is 19.3. The molecule has 2 aliphatic rings. The second-order valence-corrected chi connectivity index (χ2v) is 5.46. The molecule has 0 amide bonds. The van der Waals surface area contributed by atoms with Gasteiger partial charge in [-0.1, -0.05) is 0 Å². The summed E-state index contributed by atoms with van der Waals surface area (Å²) >= 11 is 0. The van der Waals surface area contributed by atoms with Crippen LogP contribution in [0.4, 0.5) is 18.9 Å². The molecule has 0 radical (unpaired) electrons. The van der Waals surface area contributed by atoms with Crippen LogP contribution in [0.25, 0.3) is 0 Å². The molecular formula is C13H12F3N3O3. The molecule has 1 aliphatic heterocycles. The van der Waals surface area contributed by atoms with Crippen molar-refractivity contribution in [1.29, 1.82) is 0 Å². The molecule has 1 saturated carbocycles. The van der Waals surface area contributed by atoms with Crippen LogP contribution in [-0.2, 0) is 4.74 Å². The summed E-state index contributed by atoms with van der Waals surface area (Å²) < 4.78 is 46.3. The van der Waals surface area contributed by atoms with Crippen molar-refractivity contribution in [3.8, 4) is 0 Å². The lowest BCUT2D eigenvalue weighted by Crippen LogP contribution is -2.35. The minimum Gasteiger partial charge on any atom is -0.461 e. The second kappa shape index (κ2) is 4.85. The first-order valence-corrected chi connectivity index (χ1v) is 6.58. The third-order valence-corrected chi connectivity index (χ3v) is 3.96. The van der Waals surface area contributed by atoms with Gasteiger partial charge in [0.25, 0.3) is 17.6 Å². The number of hydrogen-bond donors (Lipinski definition) is 1. The highest BCUT2D eigenvalue weighted by Crippen LogP contribution is 2.49. The molecule has 1 fully saturated rings. The monoisotopic (exact) mass is 315 g/mol. The molecule has 22 heavy (non-hydrogen) atoms. The number of benzene rings is 1.